The minimum Gasteiger partial charge on any atom is -0.363 e. The number of nitrogens with zero attached hydrogens (tertiary/aromatic N) is 3. The van der Waals surface area contributed by atoms with E-state index in [9.17, 15) is 14.4 Å². The Morgan fingerprint density at radius 1 is 1.26 bits per heavy atom. The number of piperidine rings is 1. The van der Waals surface area contributed by atoms with Crippen LogP contribution < -0.4 is 16.0 Å². The van der Waals surface area contributed by atoms with Crippen molar-refractivity contribution >= 4 is 34.2 Å². The van der Waals surface area contributed by atoms with Crippen LogP contribution in [-0.4, -0.2) is 64.5 Å². The van der Waals surface area contributed by atoms with Crippen LogP contribution in [0, 0.1) is 0 Å². The van der Waals surface area contributed by atoms with E-state index in [4.69, 9.17) is 0 Å². The second-order valence-electron chi connectivity index (χ2n) is 7.02. The molecule has 1 fully saturated rings. The quantitative estimate of drug-likeness (QED) is 0.619. The van der Waals surface area contributed by atoms with Crippen LogP contribution in [-0.2, 0) is 20.8 Å². The van der Waals surface area contributed by atoms with Crippen molar-refractivity contribution in [3.63, 3.8) is 0 Å². The molecule has 1 aliphatic heterocycles. The number of hydrogen-bond acceptors (Lipinski definition) is 7. The fourth-order valence-corrected chi connectivity index (χ4v) is 3.71. The first-order chi connectivity index (χ1) is 12.8. The predicted molar refractivity (Wildman–Crippen MR) is 103 cm³/mol. The van der Waals surface area contributed by atoms with Crippen LogP contribution in [0.4, 0.5) is 5.13 Å². The molecule has 2 rings (SSSR count). The van der Waals surface area contributed by atoms with Gasteiger partial charge in [-0.15, -0.1) is 10.2 Å². The molecular formula is C17H28N6O3S. The van der Waals surface area contributed by atoms with Gasteiger partial charge in [-0.3, -0.25) is 14.4 Å². The first-order valence-electron chi connectivity index (χ1n) is 9.13. The Balaban J connectivity index is 1.86. The molecule has 10 heteroatoms. The van der Waals surface area contributed by atoms with Gasteiger partial charge in [-0.2, -0.15) is 0 Å². The first-order valence-corrected chi connectivity index (χ1v) is 9.95. The molecule has 0 saturated carbocycles. The Bertz CT molecular complexity index is 684. The summed E-state index contributed by atoms with van der Waals surface area (Å²) in [6.45, 7) is 6.39. The number of carbonyl (C=O) groups excluding carboxylic acids is 3. The zero-order valence-electron chi connectivity index (χ0n) is 16.3. The van der Waals surface area contributed by atoms with E-state index in [1.807, 2.05) is 13.8 Å². The van der Waals surface area contributed by atoms with E-state index in [2.05, 4.69) is 26.1 Å². The maximum atomic E-state index is 12.5. The smallest absolute Gasteiger partial charge is 0.242 e. The molecule has 150 valence electrons. The largest absolute Gasteiger partial charge is 0.363 e. The monoisotopic (exact) mass is 396 g/mol. The molecule has 9 nitrogen and oxygen atoms in total. The molecule has 3 N–H and O–H groups in total. The lowest BCUT2D eigenvalue weighted by Crippen LogP contribution is -2.58. The molecule has 0 bridgehead atoms. The highest BCUT2D eigenvalue weighted by Crippen LogP contribution is 2.23. The summed E-state index contributed by atoms with van der Waals surface area (Å²) in [4.78, 5) is 38.0. The summed E-state index contributed by atoms with van der Waals surface area (Å²) in [6.07, 6.45) is 2.10. The Morgan fingerprint density at radius 3 is 2.44 bits per heavy atom. The average Bonchev–Trinajstić information content (AvgIpc) is 3.07. The van der Waals surface area contributed by atoms with Crippen LogP contribution in [0.15, 0.2) is 0 Å². The highest BCUT2D eigenvalue weighted by Gasteiger charge is 2.34. The van der Waals surface area contributed by atoms with E-state index in [-0.39, 0.29) is 29.7 Å². The van der Waals surface area contributed by atoms with Crippen molar-refractivity contribution in [1.29, 1.82) is 0 Å². The number of aromatic nitrogens is 2. The number of nitrogens with one attached hydrogen (secondary N) is 3. The lowest BCUT2D eigenvalue weighted by molar-refractivity contribution is -0.133. The molecule has 1 unspecified atom stereocenters. The van der Waals surface area contributed by atoms with E-state index in [0.29, 0.717) is 42.5 Å². The number of anilines is 1. The van der Waals surface area contributed by atoms with Gasteiger partial charge >= 0.3 is 0 Å². The van der Waals surface area contributed by atoms with Gasteiger partial charge in [0.05, 0.1) is 6.42 Å². The molecule has 2 heterocycles. The Kier molecular flexibility index (Phi) is 7.11. The number of hydrogen-bond donors (Lipinski definition) is 3. The fourth-order valence-electron chi connectivity index (χ4n) is 3.02. The second-order valence-corrected chi connectivity index (χ2v) is 8.08. The molecule has 1 aromatic heterocycles. The topological polar surface area (TPSA) is 116 Å². The van der Waals surface area contributed by atoms with Crippen LogP contribution in [0.1, 0.15) is 45.0 Å². The van der Waals surface area contributed by atoms with E-state index < -0.39 is 6.04 Å². The van der Waals surface area contributed by atoms with E-state index >= 15 is 0 Å². The number of likely N-dealkylation sites (tertiary alicyclic amines) is 1. The van der Waals surface area contributed by atoms with Crippen molar-refractivity contribution in [1.82, 2.24) is 25.7 Å². The SMILES string of the molecule is CCC(NC(C)=O)C(=O)NC1(C)CCN(C(=O)Cc2nnc(NC)s2)CC1. The predicted octanol–water partition coefficient (Wildman–Crippen LogP) is 0.534. The Morgan fingerprint density at radius 2 is 1.93 bits per heavy atom. The second kappa shape index (κ2) is 9.12. The Hall–Kier alpha value is -2.23. The molecule has 27 heavy (non-hydrogen) atoms. The van der Waals surface area contributed by atoms with Crippen molar-refractivity contribution in [3.8, 4) is 0 Å². The number of rotatable bonds is 7. The lowest BCUT2D eigenvalue weighted by atomic mass is 9.89. The standard InChI is InChI=1S/C17H28N6O3S/c1-5-12(19-11(2)24)15(26)20-17(3)6-8-23(9-7-17)14(25)10-13-21-22-16(18-4)27-13/h12H,5-10H2,1-4H3,(H,18,22)(H,19,24)(H,20,26). The van der Waals surface area contributed by atoms with Crippen LogP contribution in [0.2, 0.25) is 0 Å². The Labute approximate surface area is 163 Å². The molecule has 1 aromatic rings. The number of amides is 3. The van der Waals surface area contributed by atoms with E-state index in [1.165, 1.54) is 18.3 Å². The van der Waals surface area contributed by atoms with Crippen LogP contribution in [0.3, 0.4) is 0 Å². The summed E-state index contributed by atoms with van der Waals surface area (Å²) in [5, 5.41) is 18.0. The van der Waals surface area contributed by atoms with Crippen molar-refractivity contribution in [2.75, 3.05) is 25.5 Å². The summed E-state index contributed by atoms with van der Waals surface area (Å²) >= 11 is 1.37. The van der Waals surface area contributed by atoms with Crippen LogP contribution in [0.25, 0.3) is 0 Å². The van der Waals surface area contributed by atoms with Crippen molar-refractivity contribution in [3.05, 3.63) is 5.01 Å². The summed E-state index contributed by atoms with van der Waals surface area (Å²) in [7, 11) is 1.76. The summed E-state index contributed by atoms with van der Waals surface area (Å²) in [6, 6.07) is -0.530. The molecule has 1 atom stereocenters. The fraction of sp³-hybridized carbons (Fsp3) is 0.706. The van der Waals surface area contributed by atoms with Gasteiger partial charge in [-0.1, -0.05) is 18.3 Å². The molecule has 0 spiro atoms. The van der Waals surface area contributed by atoms with Crippen molar-refractivity contribution in [2.24, 2.45) is 0 Å². The van der Waals surface area contributed by atoms with Gasteiger partial charge in [-0.05, 0) is 26.2 Å². The van der Waals surface area contributed by atoms with E-state index in [0.717, 1.165) is 0 Å². The summed E-state index contributed by atoms with van der Waals surface area (Å²) in [5.41, 5.74) is -0.387. The third kappa shape index (κ3) is 5.88. The normalized spacial score (nSPS) is 17.1. The van der Waals surface area contributed by atoms with Crippen LogP contribution in [0.5, 0.6) is 0 Å². The maximum Gasteiger partial charge on any atom is 0.242 e. The maximum absolute atomic E-state index is 12.5. The minimum atomic E-state index is -0.530. The van der Waals surface area contributed by atoms with Gasteiger partial charge in [0.15, 0.2) is 0 Å². The highest BCUT2D eigenvalue weighted by atomic mass is 32.1. The van der Waals surface area contributed by atoms with Gasteiger partial charge < -0.3 is 20.9 Å². The number of carbonyl (C=O) groups is 3. The van der Waals surface area contributed by atoms with Gasteiger partial charge in [-0.25, -0.2) is 0 Å². The molecule has 0 aliphatic carbocycles. The minimum absolute atomic E-state index is 0.0202. The van der Waals surface area contributed by atoms with Gasteiger partial charge in [0, 0.05) is 32.6 Å². The lowest BCUT2D eigenvalue weighted by Gasteiger charge is -2.40. The molecule has 0 aromatic carbocycles. The first kappa shape index (κ1) is 21.1. The molecule has 1 saturated heterocycles. The van der Waals surface area contributed by atoms with Gasteiger partial charge in [0.2, 0.25) is 22.9 Å². The third-order valence-corrected chi connectivity index (χ3v) is 5.67. The zero-order chi connectivity index (χ0) is 20.0. The zero-order valence-corrected chi connectivity index (χ0v) is 17.1. The average molecular weight is 397 g/mol. The summed E-state index contributed by atoms with van der Waals surface area (Å²) in [5.74, 6) is -0.379. The van der Waals surface area contributed by atoms with Crippen molar-refractivity contribution in [2.45, 2.75) is 58.0 Å². The van der Waals surface area contributed by atoms with Gasteiger partial charge in [0.25, 0.3) is 0 Å². The van der Waals surface area contributed by atoms with Gasteiger partial charge in [0.1, 0.15) is 11.0 Å². The molecule has 3 amide bonds. The van der Waals surface area contributed by atoms with E-state index in [1.54, 1.807) is 11.9 Å². The van der Waals surface area contributed by atoms with Crippen molar-refractivity contribution < 1.29 is 14.4 Å². The molecule has 0 radical (unpaired) electrons. The third-order valence-electron chi connectivity index (χ3n) is 4.73. The molecule has 1 aliphatic rings. The summed E-state index contributed by atoms with van der Waals surface area (Å²) < 4.78 is 0. The van der Waals surface area contributed by atoms with Crippen LogP contribution >= 0.6 is 11.3 Å². The molecular weight excluding hydrogens is 368 g/mol. The highest BCUT2D eigenvalue weighted by molar-refractivity contribution is 7.15.